The summed E-state index contributed by atoms with van der Waals surface area (Å²) in [6.07, 6.45) is 6.18. The lowest BCUT2D eigenvalue weighted by Gasteiger charge is -2.09. The van der Waals surface area contributed by atoms with Crippen molar-refractivity contribution in [2.45, 2.75) is 33.7 Å². The van der Waals surface area contributed by atoms with Gasteiger partial charge < -0.3 is 19.3 Å². The van der Waals surface area contributed by atoms with Gasteiger partial charge in [0.05, 0.1) is 17.7 Å². The predicted molar refractivity (Wildman–Crippen MR) is 140 cm³/mol. The van der Waals surface area contributed by atoms with Gasteiger partial charge in [-0.2, -0.15) is 0 Å². The molecule has 0 fully saturated rings. The van der Waals surface area contributed by atoms with Gasteiger partial charge >= 0.3 is 0 Å². The summed E-state index contributed by atoms with van der Waals surface area (Å²) in [7, 11) is 0. The van der Waals surface area contributed by atoms with Crippen LogP contribution in [-0.4, -0.2) is 35.4 Å². The van der Waals surface area contributed by atoms with Crippen molar-refractivity contribution in [3.05, 3.63) is 87.8 Å². The van der Waals surface area contributed by atoms with Gasteiger partial charge in [0, 0.05) is 29.4 Å². The fourth-order valence-corrected chi connectivity index (χ4v) is 4.53. The SMILES string of the molecule is C=CCON=C(c1nc(C)c(C)s1)c1oc2cccc(OCCCNCc3cccnc3)c2c1C. The van der Waals surface area contributed by atoms with Crippen molar-refractivity contribution in [3.63, 3.8) is 0 Å². The molecule has 0 saturated carbocycles. The number of rotatable bonds is 12. The molecule has 0 amide bonds. The second-order valence-corrected chi connectivity index (χ2v) is 9.31. The molecule has 0 atom stereocenters. The van der Waals surface area contributed by atoms with Crippen molar-refractivity contribution in [1.29, 1.82) is 0 Å². The molecule has 3 aromatic heterocycles. The lowest BCUT2D eigenvalue weighted by Crippen LogP contribution is -2.17. The molecule has 0 unspecified atom stereocenters. The third kappa shape index (κ3) is 5.96. The van der Waals surface area contributed by atoms with Crippen molar-refractivity contribution in [2.75, 3.05) is 19.8 Å². The second kappa shape index (κ2) is 11.8. The topological polar surface area (TPSA) is 81.8 Å². The number of furan rings is 1. The van der Waals surface area contributed by atoms with Crippen LogP contribution < -0.4 is 10.1 Å². The van der Waals surface area contributed by atoms with Gasteiger partial charge in [0.1, 0.15) is 22.9 Å². The highest BCUT2D eigenvalue weighted by atomic mass is 32.1. The molecule has 0 spiro atoms. The fourth-order valence-electron chi connectivity index (χ4n) is 3.63. The highest BCUT2D eigenvalue weighted by molar-refractivity contribution is 7.14. The zero-order valence-corrected chi connectivity index (χ0v) is 21.2. The summed E-state index contributed by atoms with van der Waals surface area (Å²) in [5.41, 5.74) is 4.39. The first-order valence-electron chi connectivity index (χ1n) is 11.6. The fraction of sp³-hybridized carbons (Fsp3) is 0.296. The van der Waals surface area contributed by atoms with Gasteiger partial charge in [0.25, 0.3) is 0 Å². The van der Waals surface area contributed by atoms with Gasteiger partial charge in [-0.25, -0.2) is 4.98 Å². The number of aryl methyl sites for hydroxylation is 3. The van der Waals surface area contributed by atoms with E-state index in [0.717, 1.165) is 57.4 Å². The Morgan fingerprint density at radius 3 is 2.86 bits per heavy atom. The number of aromatic nitrogens is 2. The minimum absolute atomic E-state index is 0.301. The molecule has 182 valence electrons. The molecule has 0 bridgehead atoms. The first-order valence-corrected chi connectivity index (χ1v) is 12.4. The molecule has 1 N–H and O–H groups in total. The van der Waals surface area contributed by atoms with E-state index >= 15 is 0 Å². The van der Waals surface area contributed by atoms with E-state index in [0.29, 0.717) is 24.7 Å². The molecule has 3 heterocycles. The third-order valence-corrected chi connectivity index (χ3v) is 6.60. The van der Waals surface area contributed by atoms with Crippen LogP contribution in [0.3, 0.4) is 0 Å². The minimum Gasteiger partial charge on any atom is -0.493 e. The van der Waals surface area contributed by atoms with Gasteiger partial charge in [0.15, 0.2) is 11.5 Å². The van der Waals surface area contributed by atoms with E-state index in [9.17, 15) is 0 Å². The van der Waals surface area contributed by atoms with Crippen LogP contribution in [0.4, 0.5) is 0 Å². The average Bonchev–Trinajstić information content (AvgIpc) is 3.38. The molecular formula is C27H30N4O3S. The lowest BCUT2D eigenvalue weighted by atomic mass is 10.1. The van der Waals surface area contributed by atoms with Crippen molar-refractivity contribution in [1.82, 2.24) is 15.3 Å². The molecule has 1 aromatic carbocycles. The number of hydrogen-bond donors (Lipinski definition) is 1. The van der Waals surface area contributed by atoms with E-state index in [2.05, 4.69) is 33.1 Å². The molecule has 7 nitrogen and oxygen atoms in total. The van der Waals surface area contributed by atoms with Crippen molar-refractivity contribution in [3.8, 4) is 5.75 Å². The summed E-state index contributed by atoms with van der Waals surface area (Å²) in [5.74, 6) is 1.42. The summed E-state index contributed by atoms with van der Waals surface area (Å²) in [6, 6.07) is 9.86. The zero-order chi connectivity index (χ0) is 24.6. The Kier molecular flexibility index (Phi) is 8.28. The number of hydrogen-bond acceptors (Lipinski definition) is 8. The quantitative estimate of drug-likeness (QED) is 0.118. The molecule has 0 radical (unpaired) electrons. The van der Waals surface area contributed by atoms with Gasteiger partial charge in [0.2, 0.25) is 0 Å². The van der Waals surface area contributed by atoms with E-state index in [-0.39, 0.29) is 0 Å². The Labute approximate surface area is 209 Å². The van der Waals surface area contributed by atoms with Crippen molar-refractivity contribution >= 4 is 28.0 Å². The summed E-state index contributed by atoms with van der Waals surface area (Å²) in [4.78, 5) is 15.4. The maximum absolute atomic E-state index is 6.26. The largest absolute Gasteiger partial charge is 0.493 e. The van der Waals surface area contributed by atoms with Crippen LogP contribution in [0.1, 0.15) is 38.9 Å². The molecule has 0 aliphatic rings. The van der Waals surface area contributed by atoms with E-state index in [1.165, 1.54) is 5.56 Å². The van der Waals surface area contributed by atoms with Gasteiger partial charge in [-0.1, -0.05) is 29.9 Å². The first-order chi connectivity index (χ1) is 17.1. The molecule has 35 heavy (non-hydrogen) atoms. The Morgan fingerprint density at radius 1 is 1.23 bits per heavy atom. The Morgan fingerprint density at radius 2 is 2.11 bits per heavy atom. The Hall–Kier alpha value is -3.49. The van der Waals surface area contributed by atoms with E-state index in [1.807, 2.05) is 51.2 Å². The number of fused-ring (bicyclic) bond motifs is 1. The summed E-state index contributed by atoms with van der Waals surface area (Å²) >= 11 is 1.57. The predicted octanol–water partition coefficient (Wildman–Crippen LogP) is 5.72. The molecule has 0 saturated heterocycles. The van der Waals surface area contributed by atoms with Crippen LogP contribution in [0.5, 0.6) is 5.75 Å². The van der Waals surface area contributed by atoms with Crippen molar-refractivity contribution < 1.29 is 14.0 Å². The second-order valence-electron chi connectivity index (χ2n) is 8.11. The zero-order valence-electron chi connectivity index (χ0n) is 20.3. The third-order valence-electron chi connectivity index (χ3n) is 5.52. The number of pyridine rings is 1. The van der Waals surface area contributed by atoms with Crippen LogP contribution in [0.25, 0.3) is 11.0 Å². The minimum atomic E-state index is 0.301. The van der Waals surface area contributed by atoms with Crippen LogP contribution in [-0.2, 0) is 11.4 Å². The molecule has 0 aliphatic heterocycles. The van der Waals surface area contributed by atoms with Crippen LogP contribution in [0.2, 0.25) is 0 Å². The summed E-state index contributed by atoms with van der Waals surface area (Å²) in [5, 5.41) is 9.48. The molecule has 0 aliphatic carbocycles. The number of benzene rings is 1. The highest BCUT2D eigenvalue weighted by Gasteiger charge is 2.23. The number of nitrogens with one attached hydrogen (secondary N) is 1. The monoisotopic (exact) mass is 490 g/mol. The van der Waals surface area contributed by atoms with E-state index in [4.69, 9.17) is 14.0 Å². The van der Waals surface area contributed by atoms with E-state index < -0.39 is 0 Å². The van der Waals surface area contributed by atoms with Gasteiger partial charge in [-0.05, 0) is 57.5 Å². The van der Waals surface area contributed by atoms with Crippen molar-refractivity contribution in [2.24, 2.45) is 5.16 Å². The Bertz CT molecular complexity index is 1290. The molecule has 4 aromatic rings. The summed E-state index contributed by atoms with van der Waals surface area (Å²) in [6.45, 7) is 12.3. The number of oxime groups is 1. The van der Waals surface area contributed by atoms with Crippen LogP contribution in [0.15, 0.2) is 65.0 Å². The number of thiazole rings is 1. The van der Waals surface area contributed by atoms with Gasteiger partial charge in [-0.3, -0.25) is 4.98 Å². The average molecular weight is 491 g/mol. The smallest absolute Gasteiger partial charge is 0.181 e. The molecular weight excluding hydrogens is 460 g/mol. The maximum atomic E-state index is 6.26. The Balaban J connectivity index is 1.49. The standard InChI is InChI=1S/C27H30N4O3S/c1-5-14-33-31-25(27-30-19(3)20(4)35-27)26-18(2)24-22(10-6-11-23(24)34-26)32-15-8-13-29-17-21-9-7-12-28-16-21/h5-7,9-12,16,29H,1,8,13-15,17H2,2-4H3. The molecule has 4 rings (SSSR count). The summed E-state index contributed by atoms with van der Waals surface area (Å²) < 4.78 is 12.4. The molecule has 8 heteroatoms. The maximum Gasteiger partial charge on any atom is 0.181 e. The first kappa shape index (κ1) is 24.6. The lowest BCUT2D eigenvalue weighted by molar-refractivity contribution is 0.175. The van der Waals surface area contributed by atoms with E-state index in [1.54, 1.807) is 23.6 Å². The normalized spacial score (nSPS) is 11.7. The van der Waals surface area contributed by atoms with Crippen LogP contribution in [0, 0.1) is 20.8 Å². The number of nitrogens with zero attached hydrogens (tertiary/aromatic N) is 3. The van der Waals surface area contributed by atoms with Crippen LogP contribution >= 0.6 is 11.3 Å². The number of ether oxygens (including phenoxy) is 1. The van der Waals surface area contributed by atoms with Gasteiger partial charge in [-0.15, -0.1) is 11.3 Å². The highest BCUT2D eigenvalue weighted by Crippen LogP contribution is 2.35.